The van der Waals surface area contributed by atoms with Crippen LogP contribution in [0.4, 0.5) is 0 Å². The Morgan fingerprint density at radius 3 is 2.00 bits per heavy atom. The second-order valence-corrected chi connectivity index (χ2v) is 4.70. The highest BCUT2D eigenvalue weighted by atomic mass is 32.2. The van der Waals surface area contributed by atoms with Gasteiger partial charge >= 0.3 is 0 Å². The van der Waals surface area contributed by atoms with Gasteiger partial charge in [-0.25, -0.2) is 0 Å². The molecule has 0 bridgehead atoms. The molecule has 1 atom stereocenters. The van der Waals surface area contributed by atoms with E-state index in [1.54, 1.807) is 11.8 Å². The summed E-state index contributed by atoms with van der Waals surface area (Å²) in [5, 5.41) is -0.112. The molecule has 0 N–H and O–H groups in total. The summed E-state index contributed by atoms with van der Waals surface area (Å²) in [5.41, 5.74) is 1.84. The summed E-state index contributed by atoms with van der Waals surface area (Å²) in [6.07, 6.45) is 1.97. The fourth-order valence-corrected chi connectivity index (χ4v) is 2.56. The van der Waals surface area contributed by atoms with Crippen LogP contribution in [-0.4, -0.2) is 12.0 Å². The molecule has 86 valence electrons. The Kier molecular flexibility index (Phi) is 3.99. The highest BCUT2D eigenvalue weighted by Gasteiger charge is 2.20. The summed E-state index contributed by atoms with van der Waals surface area (Å²) < 4.78 is 0. The molecule has 0 heterocycles. The van der Waals surface area contributed by atoms with Gasteiger partial charge in [-0.1, -0.05) is 60.7 Å². The van der Waals surface area contributed by atoms with E-state index < -0.39 is 0 Å². The molecule has 0 fully saturated rings. The van der Waals surface area contributed by atoms with Gasteiger partial charge in [0.2, 0.25) is 0 Å². The van der Waals surface area contributed by atoms with Crippen LogP contribution in [0, 0.1) is 0 Å². The van der Waals surface area contributed by atoms with Crippen LogP contribution in [0.3, 0.4) is 0 Å². The highest BCUT2D eigenvalue weighted by molar-refractivity contribution is 7.99. The van der Waals surface area contributed by atoms with Crippen LogP contribution in [0.5, 0.6) is 0 Å². The Balaban J connectivity index is 2.29. The first kappa shape index (κ1) is 11.9. The first-order valence-corrected chi connectivity index (χ1v) is 6.78. The molecule has 0 amide bonds. The van der Waals surface area contributed by atoms with Crippen LogP contribution < -0.4 is 0 Å². The van der Waals surface area contributed by atoms with Gasteiger partial charge in [-0.3, -0.25) is 4.79 Å². The number of hydrogen-bond donors (Lipinski definition) is 0. The van der Waals surface area contributed by atoms with Gasteiger partial charge in [0.1, 0.15) is 0 Å². The standard InChI is InChI=1S/C15H14OS/c1-17-15(13-10-6-3-7-11-13)14(16)12-8-4-2-5-9-12/h2-11,15H,1H3. The van der Waals surface area contributed by atoms with Gasteiger partial charge in [-0.05, 0) is 11.8 Å². The van der Waals surface area contributed by atoms with Crippen molar-refractivity contribution in [3.05, 3.63) is 71.8 Å². The van der Waals surface area contributed by atoms with Crippen molar-refractivity contribution in [1.29, 1.82) is 0 Å². The molecule has 0 aliphatic heterocycles. The van der Waals surface area contributed by atoms with E-state index in [-0.39, 0.29) is 11.0 Å². The average molecular weight is 242 g/mol. The first-order valence-electron chi connectivity index (χ1n) is 5.50. The first-order chi connectivity index (χ1) is 8.33. The van der Waals surface area contributed by atoms with Crippen LogP contribution in [0.2, 0.25) is 0 Å². The van der Waals surface area contributed by atoms with Crippen LogP contribution in [-0.2, 0) is 0 Å². The molecule has 2 aromatic carbocycles. The minimum Gasteiger partial charge on any atom is -0.293 e. The van der Waals surface area contributed by atoms with E-state index >= 15 is 0 Å². The van der Waals surface area contributed by atoms with Crippen LogP contribution >= 0.6 is 11.8 Å². The number of carbonyl (C=O) groups excluding carboxylic acids is 1. The summed E-state index contributed by atoms with van der Waals surface area (Å²) in [6.45, 7) is 0. The fourth-order valence-electron chi connectivity index (χ4n) is 1.78. The van der Waals surface area contributed by atoms with Gasteiger partial charge in [0.25, 0.3) is 0 Å². The fraction of sp³-hybridized carbons (Fsp3) is 0.133. The second-order valence-electron chi connectivity index (χ2n) is 3.76. The second kappa shape index (κ2) is 5.69. The van der Waals surface area contributed by atoms with E-state index in [9.17, 15) is 4.79 Å². The van der Waals surface area contributed by atoms with E-state index in [1.165, 1.54) is 0 Å². The summed E-state index contributed by atoms with van der Waals surface area (Å²) in [4.78, 5) is 12.4. The SMILES string of the molecule is CSC(C(=O)c1ccccc1)c1ccccc1. The third kappa shape index (κ3) is 2.77. The molecule has 17 heavy (non-hydrogen) atoms. The number of benzene rings is 2. The van der Waals surface area contributed by atoms with E-state index in [0.717, 1.165) is 11.1 Å². The largest absolute Gasteiger partial charge is 0.293 e. The van der Waals surface area contributed by atoms with Gasteiger partial charge in [0.05, 0.1) is 5.25 Å². The molecule has 2 rings (SSSR count). The number of rotatable bonds is 4. The maximum Gasteiger partial charge on any atom is 0.180 e. The van der Waals surface area contributed by atoms with Crippen molar-refractivity contribution in [2.75, 3.05) is 6.26 Å². The Hall–Kier alpha value is -1.54. The number of carbonyl (C=O) groups is 1. The van der Waals surface area contributed by atoms with E-state index in [2.05, 4.69) is 0 Å². The van der Waals surface area contributed by atoms with Crippen LogP contribution in [0.1, 0.15) is 21.2 Å². The zero-order valence-corrected chi connectivity index (χ0v) is 10.5. The van der Waals surface area contributed by atoms with Crippen molar-refractivity contribution in [2.45, 2.75) is 5.25 Å². The molecular formula is C15H14OS. The predicted octanol–water partition coefficient (Wildman–Crippen LogP) is 3.97. The zero-order chi connectivity index (χ0) is 12.1. The highest BCUT2D eigenvalue weighted by Crippen LogP contribution is 2.30. The molecule has 2 aromatic rings. The van der Waals surface area contributed by atoms with E-state index in [0.29, 0.717) is 0 Å². The smallest absolute Gasteiger partial charge is 0.180 e. The monoisotopic (exact) mass is 242 g/mol. The molecule has 0 aliphatic rings. The molecule has 0 radical (unpaired) electrons. The number of Topliss-reactive ketones (excluding diaryl/α,β-unsaturated/α-hetero) is 1. The molecule has 1 unspecified atom stereocenters. The van der Waals surface area contributed by atoms with Crippen molar-refractivity contribution < 1.29 is 4.79 Å². The van der Waals surface area contributed by atoms with Gasteiger partial charge < -0.3 is 0 Å². The molecule has 0 spiro atoms. The molecule has 0 aromatic heterocycles. The molecule has 1 nitrogen and oxygen atoms in total. The molecule has 0 saturated carbocycles. The lowest BCUT2D eigenvalue weighted by Gasteiger charge is -2.13. The number of thioether (sulfide) groups is 1. The summed E-state index contributed by atoms with van der Waals surface area (Å²) >= 11 is 1.58. The van der Waals surface area contributed by atoms with Crippen LogP contribution in [0.15, 0.2) is 60.7 Å². The topological polar surface area (TPSA) is 17.1 Å². The number of hydrogen-bond acceptors (Lipinski definition) is 2. The molecule has 0 saturated heterocycles. The van der Waals surface area contributed by atoms with Crippen molar-refractivity contribution in [2.24, 2.45) is 0 Å². The van der Waals surface area contributed by atoms with Gasteiger partial charge in [-0.2, -0.15) is 0 Å². The summed E-state index contributed by atoms with van der Waals surface area (Å²) in [5.74, 6) is 0.171. The average Bonchev–Trinajstić information content (AvgIpc) is 2.42. The zero-order valence-electron chi connectivity index (χ0n) is 9.67. The lowest BCUT2D eigenvalue weighted by molar-refractivity contribution is 0.0989. The third-order valence-corrected chi connectivity index (χ3v) is 3.59. The minimum absolute atomic E-state index is 0.112. The number of ketones is 1. The summed E-state index contributed by atoms with van der Waals surface area (Å²) in [7, 11) is 0. The molecule has 0 aliphatic carbocycles. The van der Waals surface area contributed by atoms with Gasteiger partial charge in [-0.15, -0.1) is 11.8 Å². The van der Waals surface area contributed by atoms with Crippen molar-refractivity contribution in [3.8, 4) is 0 Å². The maximum atomic E-state index is 12.4. The quantitative estimate of drug-likeness (QED) is 0.754. The maximum absolute atomic E-state index is 12.4. The molecule has 2 heteroatoms. The Morgan fingerprint density at radius 2 is 1.47 bits per heavy atom. The minimum atomic E-state index is -0.112. The third-order valence-electron chi connectivity index (χ3n) is 2.63. The predicted molar refractivity (Wildman–Crippen MR) is 73.5 cm³/mol. The summed E-state index contributed by atoms with van der Waals surface area (Å²) in [6, 6.07) is 19.4. The Morgan fingerprint density at radius 1 is 0.941 bits per heavy atom. The Labute approximate surface area is 106 Å². The Bertz CT molecular complexity index is 479. The lowest BCUT2D eigenvalue weighted by atomic mass is 10.0. The van der Waals surface area contributed by atoms with E-state index in [4.69, 9.17) is 0 Å². The van der Waals surface area contributed by atoms with E-state index in [1.807, 2.05) is 66.9 Å². The molecular weight excluding hydrogens is 228 g/mol. The van der Waals surface area contributed by atoms with Crippen molar-refractivity contribution in [3.63, 3.8) is 0 Å². The van der Waals surface area contributed by atoms with Crippen LogP contribution in [0.25, 0.3) is 0 Å². The normalized spacial score (nSPS) is 12.1. The van der Waals surface area contributed by atoms with Gasteiger partial charge in [0.15, 0.2) is 5.78 Å². The van der Waals surface area contributed by atoms with Crippen molar-refractivity contribution in [1.82, 2.24) is 0 Å². The lowest BCUT2D eigenvalue weighted by Crippen LogP contribution is -2.09. The van der Waals surface area contributed by atoms with Crippen molar-refractivity contribution >= 4 is 17.5 Å². The van der Waals surface area contributed by atoms with Gasteiger partial charge in [0, 0.05) is 5.56 Å².